The summed E-state index contributed by atoms with van der Waals surface area (Å²) in [5.74, 6) is 0.285. The summed E-state index contributed by atoms with van der Waals surface area (Å²) in [5, 5.41) is 16.0. The van der Waals surface area contributed by atoms with Crippen LogP contribution in [0.25, 0.3) is 0 Å². The van der Waals surface area contributed by atoms with E-state index in [-0.39, 0.29) is 12.4 Å². The summed E-state index contributed by atoms with van der Waals surface area (Å²) in [6.45, 7) is 2.10. The molecular formula is C10H14N2O3. The molecule has 1 rings (SSSR count). The minimum Gasteiger partial charge on any atom is -0.477 e. The first kappa shape index (κ1) is 11.6. The fourth-order valence-electron chi connectivity index (χ4n) is 0.975. The molecule has 5 nitrogen and oxygen atoms in total. The highest BCUT2D eigenvalue weighted by molar-refractivity contribution is 5.91. The summed E-state index contributed by atoms with van der Waals surface area (Å²) in [6.07, 6.45) is 1.48. The standard InChI is InChI=1S/C10H14N2O3/c1-8(14)9-4-5-10(12-11-9)15-7-3-2-6-13/h4-5,13H,2-3,6-7H2,1H3. The minimum atomic E-state index is -0.116. The van der Waals surface area contributed by atoms with E-state index in [0.717, 1.165) is 6.42 Å². The molecule has 0 spiro atoms. The van der Waals surface area contributed by atoms with Crippen LogP contribution in [0.3, 0.4) is 0 Å². The molecule has 0 saturated carbocycles. The lowest BCUT2D eigenvalue weighted by Crippen LogP contribution is -2.03. The molecule has 0 saturated heterocycles. The van der Waals surface area contributed by atoms with Crippen LogP contribution in [0.2, 0.25) is 0 Å². The van der Waals surface area contributed by atoms with Crippen molar-refractivity contribution in [2.24, 2.45) is 0 Å². The lowest BCUT2D eigenvalue weighted by Gasteiger charge is -2.03. The number of Topliss-reactive ketones (excluding diaryl/α,β-unsaturated/α-hetero) is 1. The molecule has 0 aliphatic carbocycles. The maximum Gasteiger partial charge on any atom is 0.233 e. The molecule has 0 aliphatic heterocycles. The number of rotatable bonds is 6. The highest BCUT2D eigenvalue weighted by Crippen LogP contribution is 2.05. The van der Waals surface area contributed by atoms with Gasteiger partial charge in [0.05, 0.1) is 6.61 Å². The Morgan fingerprint density at radius 1 is 1.40 bits per heavy atom. The van der Waals surface area contributed by atoms with Gasteiger partial charge < -0.3 is 9.84 Å². The van der Waals surface area contributed by atoms with Gasteiger partial charge in [-0.05, 0) is 18.9 Å². The average molecular weight is 210 g/mol. The SMILES string of the molecule is CC(=O)c1ccc(OCCCCO)nn1. The van der Waals surface area contributed by atoms with Gasteiger partial charge in [0.1, 0.15) is 5.69 Å². The van der Waals surface area contributed by atoms with Gasteiger partial charge in [0.25, 0.3) is 0 Å². The normalized spacial score (nSPS) is 10.0. The largest absolute Gasteiger partial charge is 0.477 e. The molecular weight excluding hydrogens is 196 g/mol. The topological polar surface area (TPSA) is 72.3 Å². The molecule has 0 radical (unpaired) electrons. The Kier molecular flexibility index (Phi) is 4.70. The second-order valence-electron chi connectivity index (χ2n) is 3.09. The number of hydrogen-bond donors (Lipinski definition) is 1. The van der Waals surface area contributed by atoms with E-state index in [1.165, 1.54) is 6.92 Å². The van der Waals surface area contributed by atoms with Crippen LogP contribution < -0.4 is 4.74 Å². The third kappa shape index (κ3) is 4.03. The summed E-state index contributed by atoms with van der Waals surface area (Å²) >= 11 is 0. The number of carbonyl (C=O) groups is 1. The van der Waals surface area contributed by atoms with Crippen LogP contribution in [0, 0.1) is 0 Å². The molecule has 0 atom stereocenters. The van der Waals surface area contributed by atoms with Gasteiger partial charge in [-0.3, -0.25) is 4.79 Å². The van der Waals surface area contributed by atoms with E-state index >= 15 is 0 Å². The number of unbranched alkanes of at least 4 members (excludes halogenated alkanes) is 1. The van der Waals surface area contributed by atoms with Crippen LogP contribution in [0.1, 0.15) is 30.3 Å². The van der Waals surface area contributed by atoms with Gasteiger partial charge in [-0.25, -0.2) is 0 Å². The Morgan fingerprint density at radius 3 is 2.73 bits per heavy atom. The van der Waals surface area contributed by atoms with Crippen molar-refractivity contribution in [3.8, 4) is 5.88 Å². The number of nitrogens with zero attached hydrogens (tertiary/aromatic N) is 2. The minimum absolute atomic E-state index is 0.116. The monoisotopic (exact) mass is 210 g/mol. The molecule has 0 aliphatic rings. The number of carbonyl (C=O) groups excluding carboxylic acids is 1. The first-order valence-corrected chi connectivity index (χ1v) is 4.82. The van der Waals surface area contributed by atoms with E-state index in [9.17, 15) is 4.79 Å². The van der Waals surface area contributed by atoms with Gasteiger partial charge in [-0.1, -0.05) is 0 Å². The van der Waals surface area contributed by atoms with Gasteiger partial charge in [-0.15, -0.1) is 10.2 Å². The van der Waals surface area contributed by atoms with Crippen LogP contribution in [0.15, 0.2) is 12.1 Å². The summed E-state index contributed by atoms with van der Waals surface area (Å²) in [6, 6.07) is 3.19. The summed E-state index contributed by atoms with van der Waals surface area (Å²) in [5.41, 5.74) is 0.331. The molecule has 1 N–H and O–H groups in total. The van der Waals surface area contributed by atoms with Gasteiger partial charge in [0.15, 0.2) is 5.78 Å². The number of ether oxygens (including phenoxy) is 1. The highest BCUT2D eigenvalue weighted by atomic mass is 16.5. The van der Waals surface area contributed by atoms with Crippen LogP contribution in [-0.4, -0.2) is 34.3 Å². The Balaban J connectivity index is 2.39. The lowest BCUT2D eigenvalue weighted by molar-refractivity contribution is 0.101. The first-order chi connectivity index (χ1) is 7.24. The Morgan fingerprint density at radius 2 is 2.20 bits per heavy atom. The number of ketones is 1. The number of hydrogen-bond acceptors (Lipinski definition) is 5. The molecule has 5 heteroatoms. The Labute approximate surface area is 88.1 Å². The molecule has 0 fully saturated rings. The molecule has 1 heterocycles. The number of aromatic nitrogens is 2. The van der Waals surface area contributed by atoms with Crippen LogP contribution in [-0.2, 0) is 0 Å². The van der Waals surface area contributed by atoms with Crippen molar-refractivity contribution in [2.75, 3.05) is 13.2 Å². The summed E-state index contributed by atoms with van der Waals surface area (Å²) in [7, 11) is 0. The van der Waals surface area contributed by atoms with Gasteiger partial charge in [-0.2, -0.15) is 0 Å². The molecule has 0 bridgehead atoms. The first-order valence-electron chi connectivity index (χ1n) is 4.82. The van der Waals surface area contributed by atoms with E-state index in [4.69, 9.17) is 9.84 Å². The van der Waals surface area contributed by atoms with Crippen molar-refractivity contribution in [3.05, 3.63) is 17.8 Å². The second-order valence-corrected chi connectivity index (χ2v) is 3.09. The van der Waals surface area contributed by atoms with E-state index in [1.807, 2.05) is 0 Å². The maximum atomic E-state index is 10.9. The van der Waals surface area contributed by atoms with Gasteiger partial charge >= 0.3 is 0 Å². The molecule has 0 amide bonds. The number of aliphatic hydroxyl groups is 1. The smallest absolute Gasteiger partial charge is 0.233 e. The van der Waals surface area contributed by atoms with E-state index in [2.05, 4.69) is 10.2 Å². The van der Waals surface area contributed by atoms with E-state index in [1.54, 1.807) is 12.1 Å². The van der Waals surface area contributed by atoms with Crippen molar-refractivity contribution < 1.29 is 14.6 Å². The van der Waals surface area contributed by atoms with Crippen molar-refractivity contribution in [1.29, 1.82) is 0 Å². The fraction of sp³-hybridized carbons (Fsp3) is 0.500. The van der Waals surface area contributed by atoms with Crippen molar-refractivity contribution in [3.63, 3.8) is 0 Å². The fourth-order valence-corrected chi connectivity index (χ4v) is 0.975. The Hall–Kier alpha value is -1.49. The zero-order chi connectivity index (χ0) is 11.1. The second kappa shape index (κ2) is 6.08. The summed E-state index contributed by atoms with van der Waals surface area (Å²) in [4.78, 5) is 10.9. The third-order valence-electron chi connectivity index (χ3n) is 1.80. The predicted molar refractivity (Wildman–Crippen MR) is 53.9 cm³/mol. The van der Waals surface area contributed by atoms with Crippen molar-refractivity contribution in [1.82, 2.24) is 10.2 Å². The van der Waals surface area contributed by atoms with Gasteiger partial charge in [0.2, 0.25) is 5.88 Å². The zero-order valence-corrected chi connectivity index (χ0v) is 8.64. The predicted octanol–water partition coefficient (Wildman–Crippen LogP) is 0.830. The molecule has 15 heavy (non-hydrogen) atoms. The van der Waals surface area contributed by atoms with Crippen LogP contribution in [0.4, 0.5) is 0 Å². The van der Waals surface area contributed by atoms with Gasteiger partial charge in [0, 0.05) is 19.6 Å². The van der Waals surface area contributed by atoms with Crippen molar-refractivity contribution in [2.45, 2.75) is 19.8 Å². The Bertz CT molecular complexity index is 311. The van der Waals surface area contributed by atoms with E-state index in [0.29, 0.717) is 24.6 Å². The molecule has 0 unspecified atom stereocenters. The maximum absolute atomic E-state index is 10.9. The van der Waals surface area contributed by atoms with Crippen LogP contribution >= 0.6 is 0 Å². The zero-order valence-electron chi connectivity index (χ0n) is 8.64. The quantitative estimate of drug-likeness (QED) is 0.556. The lowest BCUT2D eigenvalue weighted by atomic mass is 10.3. The molecule has 1 aromatic heterocycles. The number of aliphatic hydroxyl groups excluding tert-OH is 1. The average Bonchev–Trinajstić information content (AvgIpc) is 2.25. The highest BCUT2D eigenvalue weighted by Gasteiger charge is 2.02. The van der Waals surface area contributed by atoms with E-state index < -0.39 is 0 Å². The molecule has 1 aromatic rings. The molecule has 0 aromatic carbocycles. The summed E-state index contributed by atoms with van der Waals surface area (Å²) < 4.78 is 5.25. The van der Waals surface area contributed by atoms with Crippen LogP contribution in [0.5, 0.6) is 5.88 Å². The molecule has 82 valence electrons. The third-order valence-corrected chi connectivity index (χ3v) is 1.80. The van der Waals surface area contributed by atoms with Crippen molar-refractivity contribution >= 4 is 5.78 Å².